The number of anilines is 1. The van der Waals surface area contributed by atoms with Gasteiger partial charge in [-0.25, -0.2) is 0 Å². The van der Waals surface area contributed by atoms with Crippen molar-refractivity contribution in [1.82, 2.24) is 14.8 Å². The first kappa shape index (κ1) is 22.6. The molecular weight excluding hydrogens is 460 g/mol. The number of ether oxygens (including phenoxy) is 1. The van der Waals surface area contributed by atoms with Gasteiger partial charge in [0.2, 0.25) is 0 Å². The number of carbonyl (C=O) groups is 2. The predicted octanol–water partition coefficient (Wildman–Crippen LogP) is 4.86. The number of thioether (sulfide) groups is 1. The number of nitrogens with zero attached hydrogens (tertiary/aromatic N) is 3. The van der Waals surface area contributed by atoms with Crippen LogP contribution in [-0.4, -0.2) is 39.0 Å². The van der Waals surface area contributed by atoms with Gasteiger partial charge < -0.3 is 10.1 Å². The normalized spacial score (nSPS) is 10.6. The first-order chi connectivity index (χ1) is 16.1. The number of esters is 1. The van der Waals surface area contributed by atoms with E-state index < -0.39 is 11.9 Å². The smallest absolute Gasteiger partial charge is 0.316 e. The Hall–Kier alpha value is -3.62. The number of carbonyl (C=O) groups excluding carboxylic acids is 2. The fraction of sp³-hybridized carbons (Fsp3) is 0.0833. The summed E-state index contributed by atoms with van der Waals surface area (Å²) in [4.78, 5) is 24.3. The van der Waals surface area contributed by atoms with Crippen LogP contribution in [-0.2, 0) is 14.3 Å². The van der Waals surface area contributed by atoms with Crippen LogP contribution in [0.1, 0.15) is 0 Å². The van der Waals surface area contributed by atoms with Gasteiger partial charge >= 0.3 is 5.97 Å². The molecule has 0 saturated heterocycles. The minimum Gasteiger partial charge on any atom is -0.455 e. The van der Waals surface area contributed by atoms with Crippen LogP contribution in [0, 0.1) is 0 Å². The molecule has 4 aromatic rings. The number of para-hydroxylation sites is 1. The summed E-state index contributed by atoms with van der Waals surface area (Å²) in [6.45, 7) is -0.386. The summed E-state index contributed by atoms with van der Waals surface area (Å²) in [7, 11) is 0. The molecule has 9 heteroatoms. The molecule has 0 saturated carbocycles. The van der Waals surface area contributed by atoms with Crippen molar-refractivity contribution in [1.29, 1.82) is 0 Å². The van der Waals surface area contributed by atoms with Crippen LogP contribution < -0.4 is 5.32 Å². The quantitative estimate of drug-likeness (QED) is 0.287. The Morgan fingerprint density at radius 1 is 0.909 bits per heavy atom. The summed E-state index contributed by atoms with van der Waals surface area (Å²) < 4.78 is 6.99. The Morgan fingerprint density at radius 3 is 2.27 bits per heavy atom. The molecule has 0 radical (unpaired) electrons. The van der Waals surface area contributed by atoms with Gasteiger partial charge in [0, 0.05) is 22.0 Å². The standard InChI is InChI=1S/C24H19ClN4O3S/c25-18-11-13-19(14-12-18)26-21(30)15-32-22(31)16-33-24-28-27-23(17-7-3-1-4-8-17)29(24)20-9-5-2-6-10-20/h1-14H,15-16H2,(H,26,30). The monoisotopic (exact) mass is 478 g/mol. The van der Waals surface area contributed by atoms with E-state index >= 15 is 0 Å². The van der Waals surface area contributed by atoms with E-state index in [2.05, 4.69) is 15.5 Å². The lowest BCUT2D eigenvalue weighted by Gasteiger charge is -2.10. The molecule has 0 aliphatic heterocycles. The molecule has 1 amide bonds. The lowest BCUT2D eigenvalue weighted by molar-refractivity contribution is -0.144. The van der Waals surface area contributed by atoms with Gasteiger partial charge in [-0.1, -0.05) is 71.9 Å². The molecule has 0 atom stereocenters. The Balaban J connectivity index is 1.39. The summed E-state index contributed by atoms with van der Waals surface area (Å²) in [6.07, 6.45) is 0. The summed E-state index contributed by atoms with van der Waals surface area (Å²) in [5, 5.41) is 12.4. The highest BCUT2D eigenvalue weighted by Gasteiger charge is 2.18. The summed E-state index contributed by atoms with van der Waals surface area (Å²) >= 11 is 7.02. The van der Waals surface area contributed by atoms with E-state index in [9.17, 15) is 9.59 Å². The topological polar surface area (TPSA) is 86.1 Å². The minimum absolute atomic E-state index is 0.0199. The largest absolute Gasteiger partial charge is 0.455 e. The minimum atomic E-state index is -0.532. The lowest BCUT2D eigenvalue weighted by atomic mass is 10.2. The molecule has 0 aliphatic carbocycles. The fourth-order valence-corrected chi connectivity index (χ4v) is 3.86. The number of aromatic nitrogens is 3. The van der Waals surface area contributed by atoms with E-state index in [0.717, 1.165) is 11.3 Å². The molecule has 0 unspecified atom stereocenters. The average Bonchev–Trinajstić information content (AvgIpc) is 3.28. The third kappa shape index (κ3) is 6.00. The van der Waals surface area contributed by atoms with E-state index in [1.807, 2.05) is 65.2 Å². The highest BCUT2D eigenvalue weighted by Crippen LogP contribution is 2.27. The second-order valence-corrected chi connectivity index (χ2v) is 8.23. The van der Waals surface area contributed by atoms with Gasteiger partial charge in [0.05, 0.1) is 5.75 Å². The van der Waals surface area contributed by atoms with Gasteiger partial charge in [0.1, 0.15) is 0 Å². The molecule has 0 fully saturated rings. The van der Waals surface area contributed by atoms with Crippen LogP contribution in [0.25, 0.3) is 17.1 Å². The average molecular weight is 479 g/mol. The molecule has 1 heterocycles. The molecule has 3 aromatic carbocycles. The third-order valence-corrected chi connectivity index (χ3v) is 5.65. The van der Waals surface area contributed by atoms with Gasteiger partial charge in [-0.15, -0.1) is 10.2 Å². The molecule has 166 valence electrons. The highest BCUT2D eigenvalue weighted by atomic mass is 35.5. The van der Waals surface area contributed by atoms with Gasteiger partial charge in [-0.3, -0.25) is 14.2 Å². The van der Waals surface area contributed by atoms with Gasteiger partial charge in [-0.2, -0.15) is 0 Å². The number of rotatable bonds is 8. The second kappa shape index (κ2) is 10.8. The van der Waals surface area contributed by atoms with E-state index in [0.29, 0.717) is 21.7 Å². The van der Waals surface area contributed by atoms with Crippen LogP contribution in [0.4, 0.5) is 5.69 Å². The van der Waals surface area contributed by atoms with Crippen molar-refractivity contribution in [2.24, 2.45) is 0 Å². The van der Waals surface area contributed by atoms with Crippen LogP contribution in [0.5, 0.6) is 0 Å². The molecule has 1 N–H and O–H groups in total. The number of hydrogen-bond acceptors (Lipinski definition) is 6. The third-order valence-electron chi connectivity index (χ3n) is 4.49. The van der Waals surface area contributed by atoms with Gasteiger partial charge in [-0.05, 0) is 36.4 Å². The number of halogens is 1. The first-order valence-electron chi connectivity index (χ1n) is 10.0. The van der Waals surface area contributed by atoms with E-state index in [1.165, 1.54) is 11.8 Å². The number of amides is 1. The van der Waals surface area contributed by atoms with Crippen LogP contribution in [0.2, 0.25) is 5.02 Å². The van der Waals surface area contributed by atoms with Crippen molar-refractivity contribution < 1.29 is 14.3 Å². The van der Waals surface area contributed by atoms with Crippen molar-refractivity contribution >= 4 is 40.9 Å². The second-order valence-electron chi connectivity index (χ2n) is 6.85. The van der Waals surface area contributed by atoms with Crippen molar-refractivity contribution in [2.45, 2.75) is 5.16 Å². The van der Waals surface area contributed by atoms with Crippen molar-refractivity contribution in [3.8, 4) is 17.1 Å². The summed E-state index contributed by atoms with van der Waals surface area (Å²) in [6, 6.07) is 26.0. The molecule has 4 rings (SSSR count). The zero-order valence-electron chi connectivity index (χ0n) is 17.3. The Bertz CT molecular complexity index is 1230. The molecule has 33 heavy (non-hydrogen) atoms. The summed E-state index contributed by atoms with van der Waals surface area (Å²) in [5.74, 6) is -0.321. The highest BCUT2D eigenvalue weighted by molar-refractivity contribution is 7.99. The predicted molar refractivity (Wildman–Crippen MR) is 129 cm³/mol. The van der Waals surface area contributed by atoms with Crippen LogP contribution in [0.3, 0.4) is 0 Å². The fourth-order valence-electron chi connectivity index (χ4n) is 2.99. The maximum absolute atomic E-state index is 12.2. The van der Waals surface area contributed by atoms with Crippen molar-refractivity contribution in [3.63, 3.8) is 0 Å². The van der Waals surface area contributed by atoms with Crippen LogP contribution >= 0.6 is 23.4 Å². The molecule has 0 bridgehead atoms. The van der Waals surface area contributed by atoms with E-state index in [-0.39, 0.29) is 12.4 Å². The zero-order valence-corrected chi connectivity index (χ0v) is 18.9. The molecule has 1 aromatic heterocycles. The van der Waals surface area contributed by atoms with E-state index in [1.54, 1.807) is 24.3 Å². The number of benzene rings is 3. The Morgan fingerprint density at radius 2 is 1.58 bits per heavy atom. The number of hydrogen-bond donors (Lipinski definition) is 1. The zero-order chi connectivity index (χ0) is 23.0. The molecule has 7 nitrogen and oxygen atoms in total. The maximum Gasteiger partial charge on any atom is 0.316 e. The Kier molecular flexibility index (Phi) is 7.39. The van der Waals surface area contributed by atoms with Gasteiger partial charge in [0.15, 0.2) is 17.6 Å². The summed E-state index contributed by atoms with van der Waals surface area (Å²) in [5.41, 5.74) is 2.35. The number of nitrogens with one attached hydrogen (secondary N) is 1. The van der Waals surface area contributed by atoms with Crippen molar-refractivity contribution in [3.05, 3.63) is 90.0 Å². The maximum atomic E-state index is 12.2. The Labute approximate surface area is 199 Å². The van der Waals surface area contributed by atoms with Crippen molar-refractivity contribution in [2.75, 3.05) is 17.7 Å². The van der Waals surface area contributed by atoms with Gasteiger partial charge in [0.25, 0.3) is 5.91 Å². The first-order valence-corrected chi connectivity index (χ1v) is 11.4. The molecule has 0 spiro atoms. The lowest BCUT2D eigenvalue weighted by Crippen LogP contribution is -2.21. The SMILES string of the molecule is O=C(COC(=O)CSc1nnc(-c2ccccc2)n1-c1ccccc1)Nc1ccc(Cl)cc1. The van der Waals surface area contributed by atoms with E-state index in [4.69, 9.17) is 16.3 Å². The molecule has 0 aliphatic rings. The van der Waals surface area contributed by atoms with Crippen LogP contribution in [0.15, 0.2) is 90.1 Å². The molecular formula is C24H19ClN4O3S.